The van der Waals surface area contributed by atoms with E-state index in [0.717, 1.165) is 6.07 Å². The SMILES string of the molecule is CC(C)(C)OC(=O)c1ccc(C[C@H](NC=O)C(=O)O)c(F)c1. The molecular formula is C15H18FNO5. The molecule has 0 aromatic heterocycles. The smallest absolute Gasteiger partial charge is 0.338 e. The van der Waals surface area contributed by atoms with E-state index in [4.69, 9.17) is 9.84 Å². The molecule has 0 aliphatic rings. The first-order valence-electron chi connectivity index (χ1n) is 6.58. The number of carboxylic acid groups (broad SMARTS) is 1. The number of carbonyl (C=O) groups is 3. The maximum absolute atomic E-state index is 14.0. The van der Waals surface area contributed by atoms with Crippen molar-refractivity contribution in [3.8, 4) is 0 Å². The Labute approximate surface area is 127 Å². The quantitative estimate of drug-likeness (QED) is 0.614. The molecule has 7 heteroatoms. The summed E-state index contributed by atoms with van der Waals surface area (Å²) >= 11 is 0. The molecule has 1 rings (SSSR count). The lowest BCUT2D eigenvalue weighted by Gasteiger charge is -2.19. The molecule has 120 valence electrons. The first kappa shape index (κ1) is 17.6. The lowest BCUT2D eigenvalue weighted by molar-refractivity contribution is -0.140. The predicted octanol–water partition coefficient (Wildman–Crippen LogP) is 1.52. The summed E-state index contributed by atoms with van der Waals surface area (Å²) in [6.45, 7) is 5.08. The van der Waals surface area contributed by atoms with Crippen LogP contribution in [0.15, 0.2) is 18.2 Å². The van der Waals surface area contributed by atoms with Crippen molar-refractivity contribution >= 4 is 18.3 Å². The third-order valence-electron chi connectivity index (χ3n) is 2.68. The third-order valence-corrected chi connectivity index (χ3v) is 2.68. The Kier molecular flexibility index (Phi) is 5.62. The number of amides is 1. The van der Waals surface area contributed by atoms with Gasteiger partial charge in [0.05, 0.1) is 5.56 Å². The van der Waals surface area contributed by atoms with Gasteiger partial charge in [-0.3, -0.25) is 4.79 Å². The van der Waals surface area contributed by atoms with Crippen molar-refractivity contribution in [2.75, 3.05) is 0 Å². The Morgan fingerprint density at radius 2 is 2.05 bits per heavy atom. The minimum absolute atomic E-state index is 0.0337. The van der Waals surface area contributed by atoms with Gasteiger partial charge in [0.15, 0.2) is 0 Å². The molecule has 0 unspecified atom stereocenters. The number of hydrogen-bond donors (Lipinski definition) is 2. The summed E-state index contributed by atoms with van der Waals surface area (Å²) < 4.78 is 19.1. The minimum Gasteiger partial charge on any atom is -0.480 e. The second-order valence-electron chi connectivity index (χ2n) is 5.69. The molecule has 0 heterocycles. The molecule has 0 saturated carbocycles. The normalized spacial score (nSPS) is 12.4. The van der Waals surface area contributed by atoms with Gasteiger partial charge >= 0.3 is 11.9 Å². The topological polar surface area (TPSA) is 92.7 Å². The van der Waals surface area contributed by atoms with Crippen LogP contribution >= 0.6 is 0 Å². The summed E-state index contributed by atoms with van der Waals surface area (Å²) in [5, 5.41) is 11.0. The minimum atomic E-state index is -1.28. The van der Waals surface area contributed by atoms with E-state index in [2.05, 4.69) is 5.32 Å². The molecule has 6 nitrogen and oxygen atoms in total. The zero-order valence-electron chi connectivity index (χ0n) is 12.6. The van der Waals surface area contributed by atoms with Crippen LogP contribution in [0.3, 0.4) is 0 Å². The maximum atomic E-state index is 14.0. The van der Waals surface area contributed by atoms with E-state index in [1.165, 1.54) is 12.1 Å². The number of carboxylic acids is 1. The first-order valence-corrected chi connectivity index (χ1v) is 6.58. The van der Waals surface area contributed by atoms with Gasteiger partial charge in [-0.25, -0.2) is 14.0 Å². The van der Waals surface area contributed by atoms with E-state index >= 15 is 0 Å². The van der Waals surface area contributed by atoms with E-state index in [1.807, 2.05) is 0 Å². The van der Waals surface area contributed by atoms with E-state index < -0.39 is 29.4 Å². The average molecular weight is 311 g/mol. The number of hydrogen-bond acceptors (Lipinski definition) is 4. The average Bonchev–Trinajstić information content (AvgIpc) is 2.37. The van der Waals surface area contributed by atoms with Gasteiger partial charge in [-0.05, 0) is 38.5 Å². The molecule has 0 radical (unpaired) electrons. The molecule has 22 heavy (non-hydrogen) atoms. The number of nitrogens with one attached hydrogen (secondary N) is 1. The number of ether oxygens (including phenoxy) is 1. The largest absolute Gasteiger partial charge is 0.480 e. The van der Waals surface area contributed by atoms with Crippen LogP contribution in [0.4, 0.5) is 4.39 Å². The van der Waals surface area contributed by atoms with Gasteiger partial charge in [-0.1, -0.05) is 6.07 Å². The lowest BCUT2D eigenvalue weighted by atomic mass is 10.0. The molecule has 0 fully saturated rings. The van der Waals surface area contributed by atoms with Crippen LogP contribution in [0.25, 0.3) is 0 Å². The zero-order valence-corrected chi connectivity index (χ0v) is 12.6. The van der Waals surface area contributed by atoms with Crippen LogP contribution in [0.1, 0.15) is 36.7 Å². The van der Waals surface area contributed by atoms with Crippen molar-refractivity contribution in [2.24, 2.45) is 0 Å². The fourth-order valence-corrected chi connectivity index (χ4v) is 1.70. The predicted molar refractivity (Wildman–Crippen MR) is 75.9 cm³/mol. The molecule has 0 aliphatic carbocycles. The molecule has 0 spiro atoms. The third kappa shape index (κ3) is 5.16. The van der Waals surface area contributed by atoms with Crippen LogP contribution in [-0.2, 0) is 20.7 Å². The van der Waals surface area contributed by atoms with Crippen LogP contribution in [-0.4, -0.2) is 35.1 Å². The zero-order chi connectivity index (χ0) is 16.9. The summed E-state index contributed by atoms with van der Waals surface area (Å²) in [5.41, 5.74) is -0.588. The van der Waals surface area contributed by atoms with Gasteiger partial charge in [0.1, 0.15) is 17.5 Å². The van der Waals surface area contributed by atoms with Crippen molar-refractivity contribution in [3.05, 3.63) is 35.1 Å². The number of halogens is 1. The Morgan fingerprint density at radius 3 is 2.50 bits per heavy atom. The summed E-state index contributed by atoms with van der Waals surface area (Å²) in [6.07, 6.45) is 0.0141. The van der Waals surface area contributed by atoms with Crippen LogP contribution in [0, 0.1) is 5.82 Å². The number of aliphatic carboxylic acids is 1. The van der Waals surface area contributed by atoms with E-state index in [0.29, 0.717) is 0 Å². The highest BCUT2D eigenvalue weighted by Crippen LogP contribution is 2.16. The van der Waals surface area contributed by atoms with Gasteiger partial charge in [0, 0.05) is 6.42 Å². The van der Waals surface area contributed by atoms with Crippen LogP contribution in [0.2, 0.25) is 0 Å². The summed E-state index contributed by atoms with van der Waals surface area (Å²) in [6, 6.07) is 2.41. The van der Waals surface area contributed by atoms with Gasteiger partial charge in [0.25, 0.3) is 0 Å². The second kappa shape index (κ2) is 7.02. The van der Waals surface area contributed by atoms with Gasteiger partial charge in [-0.2, -0.15) is 0 Å². The molecule has 0 saturated heterocycles. The van der Waals surface area contributed by atoms with E-state index in [1.54, 1.807) is 20.8 Å². The Bertz CT molecular complexity index is 580. The monoisotopic (exact) mass is 311 g/mol. The Morgan fingerprint density at radius 1 is 1.41 bits per heavy atom. The summed E-state index contributed by atoms with van der Waals surface area (Å²) in [7, 11) is 0. The van der Waals surface area contributed by atoms with Crippen molar-refractivity contribution in [1.29, 1.82) is 0 Å². The highest BCUT2D eigenvalue weighted by molar-refractivity contribution is 5.89. The summed E-state index contributed by atoms with van der Waals surface area (Å²) in [5.74, 6) is -2.68. The number of rotatable bonds is 6. The Balaban J connectivity index is 2.92. The molecule has 2 N–H and O–H groups in total. The molecule has 0 aliphatic heterocycles. The van der Waals surface area contributed by atoms with Crippen LogP contribution < -0.4 is 5.32 Å². The molecule has 1 aromatic carbocycles. The number of carbonyl (C=O) groups excluding carboxylic acids is 2. The molecule has 1 atom stereocenters. The highest BCUT2D eigenvalue weighted by atomic mass is 19.1. The van der Waals surface area contributed by atoms with Gasteiger partial charge < -0.3 is 15.2 Å². The fourth-order valence-electron chi connectivity index (χ4n) is 1.70. The van der Waals surface area contributed by atoms with Crippen molar-refractivity contribution in [3.63, 3.8) is 0 Å². The summed E-state index contributed by atoms with van der Waals surface area (Å²) in [4.78, 5) is 33.1. The first-order chi connectivity index (χ1) is 10.1. The van der Waals surface area contributed by atoms with E-state index in [-0.39, 0.29) is 24.0 Å². The standard InChI is InChI=1S/C15H18FNO5/c1-15(2,3)22-14(21)10-5-4-9(11(16)6-10)7-12(13(19)20)17-8-18/h4-6,8,12H,7H2,1-3H3,(H,17,18)(H,19,20)/t12-/m0/s1. The Hall–Kier alpha value is -2.44. The molecule has 1 amide bonds. The number of benzene rings is 1. The molecule has 0 bridgehead atoms. The van der Waals surface area contributed by atoms with Crippen LogP contribution in [0.5, 0.6) is 0 Å². The van der Waals surface area contributed by atoms with Crippen molar-refractivity contribution < 1.29 is 28.6 Å². The van der Waals surface area contributed by atoms with Gasteiger partial charge in [-0.15, -0.1) is 0 Å². The van der Waals surface area contributed by atoms with E-state index in [9.17, 15) is 18.8 Å². The van der Waals surface area contributed by atoms with Gasteiger partial charge in [0.2, 0.25) is 6.41 Å². The number of esters is 1. The fraction of sp³-hybridized carbons (Fsp3) is 0.400. The second-order valence-corrected chi connectivity index (χ2v) is 5.69. The lowest BCUT2D eigenvalue weighted by Crippen LogP contribution is -2.37. The molecular weight excluding hydrogens is 293 g/mol. The highest BCUT2D eigenvalue weighted by Gasteiger charge is 2.21. The van der Waals surface area contributed by atoms with Crippen molar-refractivity contribution in [2.45, 2.75) is 38.8 Å². The van der Waals surface area contributed by atoms with Crippen molar-refractivity contribution in [1.82, 2.24) is 5.32 Å². The maximum Gasteiger partial charge on any atom is 0.338 e. The molecule has 1 aromatic rings.